The van der Waals surface area contributed by atoms with Crippen LogP contribution in [0.25, 0.3) is 0 Å². The summed E-state index contributed by atoms with van der Waals surface area (Å²) in [5.74, 6) is -0.710. The number of methoxy groups -OCH3 is 1. The van der Waals surface area contributed by atoms with E-state index in [1.54, 1.807) is 25.1 Å². The Morgan fingerprint density at radius 2 is 2.12 bits per heavy atom. The molecule has 0 aliphatic carbocycles. The summed E-state index contributed by atoms with van der Waals surface area (Å²) in [5.41, 5.74) is -1.26. The van der Waals surface area contributed by atoms with Crippen LogP contribution in [0.2, 0.25) is 10.0 Å². The van der Waals surface area contributed by atoms with E-state index in [0.29, 0.717) is 15.6 Å². The molecular weight excluding hydrogens is 375 g/mol. The molecule has 0 aliphatic heterocycles. The minimum absolute atomic E-state index is 0.206. The third-order valence-corrected chi connectivity index (χ3v) is 4.27. The maximum atomic E-state index is 13.0. The second-order valence-electron chi connectivity index (χ2n) is 5.70. The van der Waals surface area contributed by atoms with Crippen molar-refractivity contribution in [1.29, 1.82) is 0 Å². The number of halogens is 4. The summed E-state index contributed by atoms with van der Waals surface area (Å²) >= 11 is 12.0. The molecular formula is C16H17Cl2F2N3O2. The molecule has 0 saturated heterocycles. The lowest BCUT2D eigenvalue weighted by molar-refractivity contribution is -0.0182. The molecule has 5 nitrogen and oxygen atoms in total. The van der Waals surface area contributed by atoms with Gasteiger partial charge in [0.05, 0.1) is 5.56 Å². The van der Waals surface area contributed by atoms with Crippen molar-refractivity contribution in [3.8, 4) is 0 Å². The fourth-order valence-corrected chi connectivity index (χ4v) is 2.82. The third-order valence-electron chi connectivity index (χ3n) is 3.68. The van der Waals surface area contributed by atoms with E-state index in [1.165, 1.54) is 20.4 Å². The molecule has 2 rings (SSSR count). The van der Waals surface area contributed by atoms with E-state index in [1.807, 2.05) is 0 Å². The Morgan fingerprint density at radius 1 is 1.44 bits per heavy atom. The summed E-state index contributed by atoms with van der Waals surface area (Å²) in [5, 5.41) is 7.14. The fraction of sp³-hybridized carbons (Fsp3) is 0.375. The molecule has 9 heteroatoms. The van der Waals surface area contributed by atoms with Crippen LogP contribution in [0.15, 0.2) is 24.4 Å². The van der Waals surface area contributed by atoms with Crippen LogP contribution in [0, 0.1) is 0 Å². The highest BCUT2D eigenvalue weighted by atomic mass is 35.5. The van der Waals surface area contributed by atoms with Gasteiger partial charge in [0.2, 0.25) is 0 Å². The van der Waals surface area contributed by atoms with Crippen LogP contribution in [0.3, 0.4) is 0 Å². The topological polar surface area (TPSA) is 56.1 Å². The zero-order valence-corrected chi connectivity index (χ0v) is 15.3. The van der Waals surface area contributed by atoms with Crippen LogP contribution in [0.1, 0.15) is 35.0 Å². The Labute approximate surface area is 153 Å². The van der Waals surface area contributed by atoms with E-state index in [0.717, 1.165) is 4.68 Å². The van der Waals surface area contributed by atoms with Gasteiger partial charge in [-0.2, -0.15) is 5.10 Å². The lowest BCUT2D eigenvalue weighted by atomic mass is 10.0. The summed E-state index contributed by atoms with van der Waals surface area (Å²) in [7, 11) is 2.87. The molecule has 1 atom stereocenters. The smallest absolute Gasteiger partial charge is 0.282 e. The van der Waals surface area contributed by atoms with Crippen molar-refractivity contribution in [2.75, 3.05) is 7.11 Å². The number of aryl methyl sites for hydroxylation is 1. The molecule has 1 heterocycles. The first-order valence-electron chi connectivity index (χ1n) is 7.28. The van der Waals surface area contributed by atoms with Gasteiger partial charge in [-0.15, -0.1) is 0 Å². The number of rotatable bonds is 6. The monoisotopic (exact) mass is 391 g/mol. The van der Waals surface area contributed by atoms with Crippen molar-refractivity contribution >= 4 is 29.1 Å². The number of amides is 1. The van der Waals surface area contributed by atoms with Gasteiger partial charge in [0, 0.05) is 36.8 Å². The molecule has 0 fully saturated rings. The van der Waals surface area contributed by atoms with E-state index < -0.39 is 23.8 Å². The molecule has 136 valence electrons. The molecule has 0 spiro atoms. The predicted molar refractivity (Wildman–Crippen MR) is 91.2 cm³/mol. The standard InChI is InChI=1S/C16H17Cl2F2N3O2/c1-16(25-3,7-9-4-5-10(17)6-12(9)18)21-15(24)11-8-23(2)22-13(11)14(19)20/h4-6,8,14H,7H2,1-3H3,(H,21,24). The van der Waals surface area contributed by atoms with Crippen molar-refractivity contribution in [3.63, 3.8) is 0 Å². The van der Waals surface area contributed by atoms with E-state index >= 15 is 0 Å². The van der Waals surface area contributed by atoms with E-state index in [4.69, 9.17) is 27.9 Å². The van der Waals surface area contributed by atoms with Gasteiger partial charge in [0.25, 0.3) is 12.3 Å². The largest absolute Gasteiger partial charge is 0.359 e. The van der Waals surface area contributed by atoms with Crippen LogP contribution in [-0.2, 0) is 18.2 Å². The van der Waals surface area contributed by atoms with Gasteiger partial charge in [-0.3, -0.25) is 9.48 Å². The summed E-state index contributed by atoms with van der Waals surface area (Å²) in [6.45, 7) is 1.62. The van der Waals surface area contributed by atoms with Crippen LogP contribution < -0.4 is 5.32 Å². The van der Waals surface area contributed by atoms with E-state index in [9.17, 15) is 13.6 Å². The van der Waals surface area contributed by atoms with Gasteiger partial charge in [-0.25, -0.2) is 8.78 Å². The molecule has 0 saturated carbocycles. The highest BCUT2D eigenvalue weighted by Gasteiger charge is 2.31. The highest BCUT2D eigenvalue weighted by Crippen LogP contribution is 2.26. The van der Waals surface area contributed by atoms with Gasteiger partial charge in [-0.05, 0) is 24.6 Å². The van der Waals surface area contributed by atoms with Crippen molar-refractivity contribution in [1.82, 2.24) is 15.1 Å². The minimum atomic E-state index is -2.86. The Morgan fingerprint density at radius 3 is 2.68 bits per heavy atom. The Balaban J connectivity index is 2.24. The van der Waals surface area contributed by atoms with Gasteiger partial charge in [0.1, 0.15) is 11.4 Å². The van der Waals surface area contributed by atoms with Crippen molar-refractivity contribution in [2.45, 2.75) is 25.5 Å². The minimum Gasteiger partial charge on any atom is -0.359 e. The summed E-state index contributed by atoms with van der Waals surface area (Å²) in [6, 6.07) is 4.95. The van der Waals surface area contributed by atoms with E-state index in [2.05, 4.69) is 10.4 Å². The average molecular weight is 392 g/mol. The molecule has 1 unspecified atom stereocenters. The third kappa shape index (κ3) is 4.68. The first kappa shape index (κ1) is 19.6. The first-order chi connectivity index (χ1) is 11.6. The number of nitrogens with zero attached hydrogens (tertiary/aromatic N) is 2. The van der Waals surface area contributed by atoms with Crippen LogP contribution in [0.5, 0.6) is 0 Å². The molecule has 0 aliphatic rings. The number of nitrogens with one attached hydrogen (secondary N) is 1. The van der Waals surface area contributed by atoms with Crippen LogP contribution in [0.4, 0.5) is 8.78 Å². The number of alkyl halides is 2. The quantitative estimate of drug-likeness (QED) is 0.757. The lowest BCUT2D eigenvalue weighted by Gasteiger charge is -2.30. The number of hydrogen-bond donors (Lipinski definition) is 1. The van der Waals surface area contributed by atoms with Gasteiger partial charge >= 0.3 is 0 Å². The second-order valence-corrected chi connectivity index (χ2v) is 6.55. The Bertz CT molecular complexity index is 783. The maximum Gasteiger partial charge on any atom is 0.282 e. The molecule has 0 bridgehead atoms. The molecule has 25 heavy (non-hydrogen) atoms. The molecule has 1 N–H and O–H groups in total. The SMILES string of the molecule is COC(C)(Cc1ccc(Cl)cc1Cl)NC(=O)c1cn(C)nc1C(F)F. The van der Waals surface area contributed by atoms with Crippen LogP contribution >= 0.6 is 23.2 Å². The number of carbonyl (C=O) groups is 1. The van der Waals surface area contributed by atoms with Crippen molar-refractivity contribution in [2.24, 2.45) is 7.05 Å². The Hall–Kier alpha value is -1.70. The van der Waals surface area contributed by atoms with Crippen LogP contribution in [-0.4, -0.2) is 28.5 Å². The summed E-state index contributed by atoms with van der Waals surface area (Å²) in [4.78, 5) is 12.5. The van der Waals surface area contributed by atoms with E-state index in [-0.39, 0.29) is 12.0 Å². The normalized spacial score (nSPS) is 13.8. The van der Waals surface area contributed by atoms with Gasteiger partial charge < -0.3 is 10.1 Å². The van der Waals surface area contributed by atoms with Crippen molar-refractivity contribution in [3.05, 3.63) is 51.3 Å². The lowest BCUT2D eigenvalue weighted by Crippen LogP contribution is -2.49. The molecule has 0 radical (unpaired) electrons. The zero-order chi connectivity index (χ0) is 18.8. The number of hydrogen-bond acceptors (Lipinski definition) is 3. The molecule has 2 aromatic rings. The van der Waals surface area contributed by atoms with Gasteiger partial charge in [0.15, 0.2) is 0 Å². The summed E-state index contributed by atoms with van der Waals surface area (Å²) in [6.07, 6.45) is -1.40. The maximum absolute atomic E-state index is 13.0. The summed E-state index contributed by atoms with van der Waals surface area (Å²) < 4.78 is 32.6. The number of carbonyl (C=O) groups excluding carboxylic acids is 1. The second kappa shape index (κ2) is 7.68. The zero-order valence-electron chi connectivity index (χ0n) is 13.8. The van der Waals surface area contributed by atoms with Gasteiger partial charge in [-0.1, -0.05) is 29.3 Å². The predicted octanol–water partition coefficient (Wildman–Crippen LogP) is 4.00. The number of aromatic nitrogens is 2. The molecule has 1 aromatic carbocycles. The van der Waals surface area contributed by atoms with Crippen molar-refractivity contribution < 1.29 is 18.3 Å². The number of benzene rings is 1. The molecule has 1 amide bonds. The fourth-order valence-electron chi connectivity index (χ4n) is 2.35. The first-order valence-corrected chi connectivity index (χ1v) is 8.04. The highest BCUT2D eigenvalue weighted by molar-refractivity contribution is 6.35. The number of ether oxygens (including phenoxy) is 1. The molecule has 1 aromatic heterocycles. The Kier molecular flexibility index (Phi) is 6.03. The average Bonchev–Trinajstić information content (AvgIpc) is 2.92.